The van der Waals surface area contributed by atoms with Crippen LogP contribution in [0, 0.1) is 11.3 Å². The fraction of sp³-hybridized carbons (Fsp3) is 0.500. The first-order chi connectivity index (χ1) is 4.70. The highest BCUT2D eigenvalue weighted by atomic mass is 14.7. The molecule has 0 aliphatic carbocycles. The van der Waals surface area contributed by atoms with Crippen LogP contribution < -0.4 is 0 Å². The van der Waals surface area contributed by atoms with Crippen LogP contribution in [0.2, 0.25) is 0 Å². The molecule has 0 aromatic heterocycles. The van der Waals surface area contributed by atoms with Crippen LogP contribution in [0.1, 0.15) is 27.2 Å². The number of hydrogen-bond acceptors (Lipinski definition) is 2. The Morgan fingerprint density at radius 1 is 1.60 bits per heavy atom. The largest absolute Gasteiger partial charge is 0.247 e. The van der Waals surface area contributed by atoms with Crippen LogP contribution in [0.4, 0.5) is 0 Å². The number of nitrogens with zero attached hydrogens (tertiary/aromatic N) is 2. The molecule has 0 amide bonds. The third-order valence-corrected chi connectivity index (χ3v) is 0.856. The van der Waals surface area contributed by atoms with E-state index in [0.717, 1.165) is 12.1 Å². The van der Waals surface area contributed by atoms with E-state index < -0.39 is 0 Å². The average molecular weight is 136 g/mol. The molecule has 0 aliphatic heterocycles. The van der Waals surface area contributed by atoms with Crippen molar-refractivity contribution in [3.8, 4) is 6.07 Å². The molecule has 0 atom stereocenters. The summed E-state index contributed by atoms with van der Waals surface area (Å²) in [5.41, 5.74) is 1.43. The topological polar surface area (TPSA) is 36.1 Å². The predicted octanol–water partition coefficient (Wildman–Crippen LogP) is 2.28. The van der Waals surface area contributed by atoms with E-state index >= 15 is 0 Å². The van der Waals surface area contributed by atoms with Crippen molar-refractivity contribution in [1.29, 1.82) is 5.26 Å². The van der Waals surface area contributed by atoms with Crippen molar-refractivity contribution in [3.05, 3.63) is 11.8 Å². The van der Waals surface area contributed by atoms with Gasteiger partial charge in [0.1, 0.15) is 11.8 Å². The monoisotopic (exact) mass is 136 g/mol. The zero-order valence-corrected chi connectivity index (χ0v) is 6.68. The lowest BCUT2D eigenvalue weighted by molar-refractivity contribution is 1.18. The molecule has 0 rings (SSSR count). The fourth-order valence-electron chi connectivity index (χ4n) is 0.551. The summed E-state index contributed by atoms with van der Waals surface area (Å²) in [4.78, 5) is 4.00. The molecule has 0 spiro atoms. The Bertz CT molecular complexity index is 190. The lowest BCUT2D eigenvalue weighted by Gasteiger charge is -1.88. The molecule has 0 unspecified atom stereocenters. The highest BCUT2D eigenvalue weighted by Gasteiger charge is 1.87. The second kappa shape index (κ2) is 4.75. The fourth-order valence-corrected chi connectivity index (χ4v) is 0.551. The lowest BCUT2D eigenvalue weighted by Crippen LogP contribution is -1.81. The molecule has 0 aromatic carbocycles. The van der Waals surface area contributed by atoms with Crippen molar-refractivity contribution in [1.82, 2.24) is 0 Å². The molecule has 0 aromatic rings. The minimum atomic E-state index is 0.516. The van der Waals surface area contributed by atoms with E-state index in [4.69, 9.17) is 5.26 Å². The number of hydrogen-bond donors (Lipinski definition) is 0. The molecule has 10 heavy (non-hydrogen) atoms. The van der Waals surface area contributed by atoms with Gasteiger partial charge in [-0.3, -0.25) is 0 Å². The normalized spacial score (nSPS) is 10.4. The summed E-state index contributed by atoms with van der Waals surface area (Å²) < 4.78 is 0. The summed E-state index contributed by atoms with van der Waals surface area (Å²) >= 11 is 0. The van der Waals surface area contributed by atoms with Crippen LogP contribution in [0.15, 0.2) is 16.8 Å². The van der Waals surface area contributed by atoms with E-state index in [1.807, 2.05) is 32.9 Å². The van der Waals surface area contributed by atoms with Crippen molar-refractivity contribution in [2.24, 2.45) is 4.99 Å². The average Bonchev–Trinajstić information content (AvgIpc) is 1.86. The Balaban J connectivity index is 4.28. The predicted molar refractivity (Wildman–Crippen MR) is 42.8 cm³/mol. The van der Waals surface area contributed by atoms with E-state index in [1.54, 1.807) is 0 Å². The third-order valence-electron chi connectivity index (χ3n) is 0.856. The maximum absolute atomic E-state index is 8.48. The molecule has 2 nitrogen and oxygen atoms in total. The molecule has 0 radical (unpaired) electrons. The van der Waals surface area contributed by atoms with Crippen LogP contribution in [0.3, 0.4) is 0 Å². The summed E-state index contributed by atoms with van der Waals surface area (Å²) in [7, 11) is 0. The van der Waals surface area contributed by atoms with Gasteiger partial charge in [-0.15, -0.1) is 0 Å². The van der Waals surface area contributed by atoms with Gasteiger partial charge >= 0.3 is 0 Å². The number of allylic oxidation sites excluding steroid dienone is 2. The number of rotatable bonds is 2. The Morgan fingerprint density at radius 3 is 2.50 bits per heavy atom. The quantitative estimate of drug-likeness (QED) is 0.423. The summed E-state index contributed by atoms with van der Waals surface area (Å²) in [5, 5.41) is 8.48. The van der Waals surface area contributed by atoms with Crippen molar-refractivity contribution >= 4 is 5.71 Å². The van der Waals surface area contributed by atoms with Crippen LogP contribution in [-0.4, -0.2) is 5.71 Å². The van der Waals surface area contributed by atoms with Gasteiger partial charge in [0.15, 0.2) is 0 Å². The summed E-state index contributed by atoms with van der Waals surface area (Å²) in [6, 6.07) is 2.01. The van der Waals surface area contributed by atoms with Gasteiger partial charge < -0.3 is 0 Å². The smallest absolute Gasteiger partial charge is 0.136 e. The first-order valence-corrected chi connectivity index (χ1v) is 3.32. The highest BCUT2D eigenvalue weighted by molar-refractivity contribution is 5.80. The molecule has 0 saturated heterocycles. The third kappa shape index (κ3) is 3.85. The van der Waals surface area contributed by atoms with Crippen molar-refractivity contribution < 1.29 is 0 Å². The molecule has 0 bridgehead atoms. The van der Waals surface area contributed by atoms with E-state index in [0.29, 0.717) is 5.70 Å². The van der Waals surface area contributed by atoms with E-state index in [1.165, 1.54) is 0 Å². The van der Waals surface area contributed by atoms with E-state index in [2.05, 4.69) is 4.99 Å². The zero-order chi connectivity index (χ0) is 7.98. The van der Waals surface area contributed by atoms with Gasteiger partial charge in [0.05, 0.1) is 0 Å². The second-order valence-electron chi connectivity index (χ2n) is 2.17. The van der Waals surface area contributed by atoms with Crippen molar-refractivity contribution in [2.75, 3.05) is 0 Å². The Hall–Kier alpha value is -1.10. The van der Waals surface area contributed by atoms with Gasteiger partial charge in [-0.25, -0.2) is 4.99 Å². The van der Waals surface area contributed by atoms with Gasteiger partial charge in [-0.2, -0.15) is 5.26 Å². The van der Waals surface area contributed by atoms with Crippen LogP contribution in [0.5, 0.6) is 0 Å². The molecule has 54 valence electrons. The van der Waals surface area contributed by atoms with Gasteiger partial charge in [0.2, 0.25) is 0 Å². The van der Waals surface area contributed by atoms with Gasteiger partial charge in [0, 0.05) is 5.71 Å². The van der Waals surface area contributed by atoms with Crippen LogP contribution in [-0.2, 0) is 0 Å². The SMILES string of the molecule is CC/C=C(/C#N)N=C(C)C. The van der Waals surface area contributed by atoms with Crippen molar-refractivity contribution in [2.45, 2.75) is 27.2 Å². The van der Waals surface area contributed by atoms with Crippen LogP contribution >= 0.6 is 0 Å². The standard InChI is InChI=1S/C8H12N2/c1-4-5-8(6-9)10-7(2)3/h5H,4H2,1-3H3/b8-5-. The maximum Gasteiger partial charge on any atom is 0.136 e. The highest BCUT2D eigenvalue weighted by Crippen LogP contribution is 1.96. The van der Waals surface area contributed by atoms with Gasteiger partial charge in [-0.05, 0) is 26.3 Å². The summed E-state index contributed by atoms with van der Waals surface area (Å²) in [6.07, 6.45) is 2.67. The molecule has 0 N–H and O–H groups in total. The Morgan fingerprint density at radius 2 is 2.20 bits per heavy atom. The van der Waals surface area contributed by atoms with Gasteiger partial charge in [0.25, 0.3) is 0 Å². The molecular formula is C8H12N2. The first-order valence-electron chi connectivity index (χ1n) is 3.32. The molecule has 2 heteroatoms. The van der Waals surface area contributed by atoms with Crippen LogP contribution in [0.25, 0.3) is 0 Å². The second-order valence-corrected chi connectivity index (χ2v) is 2.17. The molecule has 0 heterocycles. The van der Waals surface area contributed by atoms with E-state index in [-0.39, 0.29) is 0 Å². The summed E-state index contributed by atoms with van der Waals surface area (Å²) in [5.74, 6) is 0. The minimum absolute atomic E-state index is 0.516. The minimum Gasteiger partial charge on any atom is -0.247 e. The zero-order valence-electron chi connectivity index (χ0n) is 6.68. The molecule has 0 fully saturated rings. The Labute approximate surface area is 61.9 Å². The van der Waals surface area contributed by atoms with E-state index in [9.17, 15) is 0 Å². The van der Waals surface area contributed by atoms with Gasteiger partial charge in [-0.1, -0.05) is 6.92 Å². The molecule has 0 saturated carbocycles. The first kappa shape index (κ1) is 8.90. The number of nitriles is 1. The maximum atomic E-state index is 8.48. The summed E-state index contributed by atoms with van der Waals surface area (Å²) in [6.45, 7) is 5.74. The Kier molecular flexibility index (Phi) is 4.23. The molecular weight excluding hydrogens is 124 g/mol. The number of aliphatic imine (C=N–C) groups is 1. The lowest BCUT2D eigenvalue weighted by atomic mass is 10.3. The van der Waals surface area contributed by atoms with Crippen molar-refractivity contribution in [3.63, 3.8) is 0 Å². The molecule has 0 aliphatic rings.